The first-order valence-corrected chi connectivity index (χ1v) is 21.9. The Morgan fingerprint density at radius 2 is 1.12 bits per heavy atom. The normalized spacial score (nSPS) is 24.0. The van der Waals surface area contributed by atoms with Gasteiger partial charge in [-0.1, -0.05) is 109 Å². The van der Waals surface area contributed by atoms with Crippen LogP contribution in [0.15, 0.2) is 30.3 Å². The second kappa shape index (κ2) is 26.0. The maximum Gasteiger partial charge on any atom is 0.245 e. The van der Waals surface area contributed by atoms with Crippen LogP contribution in [0.3, 0.4) is 0 Å². The predicted molar refractivity (Wildman–Crippen MR) is 225 cm³/mol. The molecule has 1 fully saturated rings. The summed E-state index contributed by atoms with van der Waals surface area (Å²) in [6.07, 6.45) is 7.06. The van der Waals surface area contributed by atoms with E-state index < -0.39 is 77.6 Å². The minimum atomic E-state index is -1.02. The lowest BCUT2D eigenvalue weighted by Gasteiger charge is -2.37. The molecule has 0 aromatic heterocycles. The fourth-order valence-electron chi connectivity index (χ4n) is 6.98. The van der Waals surface area contributed by atoms with E-state index in [0.717, 1.165) is 43.0 Å². The first-order valence-electron chi connectivity index (χ1n) is 20.8. The lowest BCUT2D eigenvalue weighted by atomic mass is 10.00. The van der Waals surface area contributed by atoms with Gasteiger partial charge in [-0.2, -0.15) is 0 Å². The number of benzene rings is 1. The van der Waals surface area contributed by atoms with Crippen molar-refractivity contribution in [3.63, 3.8) is 0 Å². The number of carbonyl (C=O) groups is 7. The molecule has 0 radical (unpaired) electrons. The Morgan fingerprint density at radius 1 is 0.649 bits per heavy atom. The molecule has 0 bridgehead atoms. The lowest BCUT2D eigenvalue weighted by Crippen LogP contribution is -2.60. The van der Waals surface area contributed by atoms with Crippen LogP contribution >= 0.6 is 11.8 Å². The standard InChI is InChI=1S/C42H69N7O7S/c1-9-13-22-30-40(54)47(6)33(23-14-10-2)39(53)46-32(37(51)43-5)27-57-28-36(50)44-31(26-29-20-18-17-19-21-29)41(55)49(8)35(25-16-12-4)42(56)48(7)34(24-15-11-3)38(52)45-30/h17-21,30-35H,9-16,22-28H2,1-8H3,(H,43,51)(H,44,50)(H,45,52)(H,46,53)/t30-,31+,32+,33-,34-,35-/m0/s1. The van der Waals surface area contributed by atoms with Crippen LogP contribution in [-0.4, -0.2) is 132 Å². The zero-order chi connectivity index (χ0) is 42.5. The molecule has 0 spiro atoms. The molecule has 14 nitrogen and oxygen atoms in total. The summed E-state index contributed by atoms with van der Waals surface area (Å²) < 4.78 is 0. The molecule has 0 saturated carbocycles. The molecule has 0 aliphatic carbocycles. The summed E-state index contributed by atoms with van der Waals surface area (Å²) in [6.45, 7) is 7.94. The molecule has 15 heteroatoms. The zero-order valence-electron chi connectivity index (χ0n) is 35.6. The molecule has 7 amide bonds. The number of likely N-dealkylation sites (N-methyl/N-ethyl adjacent to an activating group) is 4. The van der Waals surface area contributed by atoms with Gasteiger partial charge >= 0.3 is 0 Å². The summed E-state index contributed by atoms with van der Waals surface area (Å²) in [5.41, 5.74) is 0.810. The van der Waals surface area contributed by atoms with E-state index in [2.05, 4.69) is 21.3 Å². The van der Waals surface area contributed by atoms with Crippen molar-refractivity contribution >= 4 is 53.1 Å². The quantitative estimate of drug-likeness (QED) is 0.208. The fourth-order valence-corrected chi connectivity index (χ4v) is 7.83. The van der Waals surface area contributed by atoms with E-state index in [9.17, 15) is 33.6 Å². The average molecular weight is 816 g/mol. The number of hydrogen-bond acceptors (Lipinski definition) is 8. The Morgan fingerprint density at radius 3 is 1.67 bits per heavy atom. The van der Waals surface area contributed by atoms with Crippen LogP contribution in [0.2, 0.25) is 0 Å². The Bertz CT molecular complexity index is 1470. The van der Waals surface area contributed by atoms with Crippen LogP contribution in [0.4, 0.5) is 0 Å². The van der Waals surface area contributed by atoms with Gasteiger partial charge in [0, 0.05) is 40.4 Å². The monoisotopic (exact) mass is 815 g/mol. The number of carbonyl (C=O) groups excluding carboxylic acids is 7. The molecular formula is C42H69N7O7S. The van der Waals surface area contributed by atoms with Crippen molar-refractivity contribution in [1.82, 2.24) is 36.0 Å². The van der Waals surface area contributed by atoms with Crippen LogP contribution in [0.25, 0.3) is 0 Å². The van der Waals surface area contributed by atoms with Crippen molar-refractivity contribution in [2.45, 2.75) is 147 Å². The van der Waals surface area contributed by atoms with Gasteiger partial charge in [0.25, 0.3) is 0 Å². The molecule has 1 aliphatic rings. The van der Waals surface area contributed by atoms with E-state index in [0.29, 0.717) is 51.4 Å². The SMILES string of the molecule is CCCC[C@@H]1NC(=O)[C@H](CCCC)N(C)C(=O)[C@H](CCCC)N(C)C(=O)[C@@H](Cc2ccccc2)NC(=O)CSC[C@H](C(=O)NC)NC(=O)[C@H](CCCC)N(C)C1=O. The van der Waals surface area contributed by atoms with Crippen molar-refractivity contribution in [3.8, 4) is 0 Å². The van der Waals surface area contributed by atoms with E-state index in [1.807, 2.05) is 58.0 Å². The Labute approximate surface area is 344 Å². The molecule has 6 atom stereocenters. The molecular weight excluding hydrogens is 747 g/mol. The highest BCUT2D eigenvalue weighted by Crippen LogP contribution is 2.20. The van der Waals surface area contributed by atoms with Crippen molar-refractivity contribution < 1.29 is 33.6 Å². The van der Waals surface area contributed by atoms with E-state index in [1.54, 1.807) is 14.1 Å². The highest BCUT2D eigenvalue weighted by Gasteiger charge is 2.39. The van der Waals surface area contributed by atoms with Crippen molar-refractivity contribution in [3.05, 3.63) is 35.9 Å². The Hall–Kier alpha value is -4.14. The average Bonchev–Trinajstić information content (AvgIpc) is 3.20. The van der Waals surface area contributed by atoms with E-state index in [-0.39, 0.29) is 17.9 Å². The number of thioether (sulfide) groups is 1. The number of unbranched alkanes of at least 4 members (excludes halogenated alkanes) is 4. The maximum atomic E-state index is 14.5. The summed E-state index contributed by atoms with van der Waals surface area (Å²) in [5.74, 6) is -3.31. The number of rotatable bonds is 15. The maximum absolute atomic E-state index is 14.5. The van der Waals surface area contributed by atoms with Gasteiger partial charge in [0.2, 0.25) is 41.4 Å². The van der Waals surface area contributed by atoms with Crippen molar-refractivity contribution in [2.75, 3.05) is 39.7 Å². The van der Waals surface area contributed by atoms with Gasteiger partial charge in [-0.3, -0.25) is 33.6 Å². The zero-order valence-corrected chi connectivity index (χ0v) is 36.4. The molecule has 1 saturated heterocycles. The molecule has 1 aromatic rings. The summed E-state index contributed by atoms with van der Waals surface area (Å²) in [5, 5.41) is 11.2. The van der Waals surface area contributed by atoms with Crippen LogP contribution in [0.5, 0.6) is 0 Å². The smallest absolute Gasteiger partial charge is 0.245 e. The Balaban J connectivity index is 2.73. The van der Waals surface area contributed by atoms with Crippen LogP contribution in [0.1, 0.15) is 110 Å². The largest absolute Gasteiger partial charge is 0.357 e. The third kappa shape index (κ3) is 15.3. The second-order valence-electron chi connectivity index (χ2n) is 15.0. The highest BCUT2D eigenvalue weighted by atomic mass is 32.2. The van der Waals surface area contributed by atoms with Gasteiger partial charge in [-0.05, 0) is 31.2 Å². The van der Waals surface area contributed by atoms with Crippen molar-refractivity contribution in [2.24, 2.45) is 0 Å². The predicted octanol–water partition coefficient (Wildman–Crippen LogP) is 3.42. The van der Waals surface area contributed by atoms with Gasteiger partial charge in [0.15, 0.2) is 0 Å². The summed E-state index contributed by atoms with van der Waals surface area (Å²) in [4.78, 5) is 102. The van der Waals surface area contributed by atoms with Gasteiger partial charge in [0.1, 0.15) is 36.3 Å². The van der Waals surface area contributed by atoms with Crippen molar-refractivity contribution in [1.29, 1.82) is 0 Å². The molecule has 320 valence electrons. The molecule has 0 unspecified atom stereocenters. The minimum absolute atomic E-state index is 0.0441. The molecule has 1 aromatic carbocycles. The number of hydrogen-bond donors (Lipinski definition) is 4. The van der Waals surface area contributed by atoms with E-state index >= 15 is 0 Å². The number of nitrogens with zero attached hydrogens (tertiary/aromatic N) is 3. The number of nitrogens with one attached hydrogen (secondary N) is 4. The topological polar surface area (TPSA) is 177 Å². The summed E-state index contributed by atoms with van der Waals surface area (Å²) >= 11 is 1.13. The first kappa shape index (κ1) is 49.0. The van der Waals surface area contributed by atoms with Crippen LogP contribution in [0, 0.1) is 0 Å². The third-order valence-corrected chi connectivity index (χ3v) is 11.6. The Kier molecular flexibility index (Phi) is 22.3. The van der Waals surface area contributed by atoms with Gasteiger partial charge in [0.05, 0.1) is 5.75 Å². The van der Waals surface area contributed by atoms with Gasteiger partial charge in [-0.25, -0.2) is 0 Å². The van der Waals surface area contributed by atoms with E-state index in [4.69, 9.17) is 0 Å². The summed E-state index contributed by atoms with van der Waals surface area (Å²) in [7, 11) is 6.12. The molecule has 1 aliphatic heterocycles. The van der Waals surface area contributed by atoms with Crippen LogP contribution in [-0.2, 0) is 40.0 Å². The molecule has 4 N–H and O–H groups in total. The molecule has 57 heavy (non-hydrogen) atoms. The molecule has 1 heterocycles. The molecule has 2 rings (SSSR count). The summed E-state index contributed by atoms with van der Waals surface area (Å²) in [6, 6.07) is 3.46. The minimum Gasteiger partial charge on any atom is -0.357 e. The number of amides is 7. The first-order chi connectivity index (χ1) is 27.2. The lowest BCUT2D eigenvalue weighted by molar-refractivity contribution is -0.150. The van der Waals surface area contributed by atoms with Gasteiger partial charge in [-0.15, -0.1) is 11.8 Å². The highest BCUT2D eigenvalue weighted by molar-refractivity contribution is 8.00. The third-order valence-electron chi connectivity index (χ3n) is 10.6. The van der Waals surface area contributed by atoms with Crippen LogP contribution < -0.4 is 21.3 Å². The van der Waals surface area contributed by atoms with Gasteiger partial charge < -0.3 is 36.0 Å². The fraction of sp³-hybridized carbons (Fsp3) is 0.690. The second-order valence-corrected chi connectivity index (χ2v) is 16.1. The van der Waals surface area contributed by atoms with E-state index in [1.165, 1.54) is 28.8 Å².